The van der Waals surface area contributed by atoms with E-state index in [1.807, 2.05) is 24.3 Å². The average molecular weight is 273 g/mol. The molecular weight excluding hydrogens is 265 g/mol. The maximum absolute atomic E-state index is 5.60. The summed E-state index contributed by atoms with van der Waals surface area (Å²) in [5.74, 6) is 0.771. The van der Waals surface area contributed by atoms with E-state index in [2.05, 4.69) is 31.1 Å². The van der Waals surface area contributed by atoms with Gasteiger partial charge in [0.05, 0.1) is 0 Å². The Hall–Kier alpha value is -0.870. The highest BCUT2D eigenvalue weighted by Crippen LogP contribution is 2.14. The van der Waals surface area contributed by atoms with Crippen molar-refractivity contribution in [1.29, 1.82) is 0 Å². The molecule has 72 valence electrons. The molecule has 0 saturated heterocycles. The Kier molecular flexibility index (Phi) is 2.84. The first-order valence-electron chi connectivity index (χ1n) is 4.05. The van der Waals surface area contributed by atoms with E-state index in [1.54, 1.807) is 0 Å². The Balaban J connectivity index is 2.18. The van der Waals surface area contributed by atoms with Crippen LogP contribution in [0.15, 0.2) is 28.7 Å². The third-order valence-corrected chi connectivity index (χ3v) is 2.43. The summed E-state index contributed by atoms with van der Waals surface area (Å²) in [6.45, 7) is 0. The van der Waals surface area contributed by atoms with Crippen LogP contribution >= 0.6 is 27.5 Å². The summed E-state index contributed by atoms with van der Waals surface area (Å²) in [6.07, 6.45) is 0.708. The molecule has 0 aliphatic carbocycles. The monoisotopic (exact) mass is 271 g/mol. The summed E-state index contributed by atoms with van der Waals surface area (Å²) in [5.41, 5.74) is 1.16. The maximum atomic E-state index is 5.60. The number of nitrogens with zero attached hydrogens (tertiary/aromatic N) is 2. The molecule has 1 N–H and O–H groups in total. The number of hydrogen-bond donors (Lipinski definition) is 1. The summed E-state index contributed by atoms with van der Waals surface area (Å²) in [7, 11) is 0. The van der Waals surface area contributed by atoms with Crippen molar-refractivity contribution < 1.29 is 0 Å². The Morgan fingerprint density at radius 1 is 1.43 bits per heavy atom. The van der Waals surface area contributed by atoms with Crippen LogP contribution in [0.5, 0.6) is 0 Å². The molecule has 0 radical (unpaired) electrons. The summed E-state index contributed by atoms with van der Waals surface area (Å²) >= 11 is 9.00. The number of benzene rings is 1. The highest BCUT2D eigenvalue weighted by atomic mass is 79.9. The molecule has 1 heterocycles. The van der Waals surface area contributed by atoms with E-state index < -0.39 is 0 Å². The van der Waals surface area contributed by atoms with Gasteiger partial charge in [0.15, 0.2) is 0 Å². The van der Waals surface area contributed by atoms with Crippen molar-refractivity contribution in [2.45, 2.75) is 6.42 Å². The molecule has 0 atom stereocenters. The summed E-state index contributed by atoms with van der Waals surface area (Å²) in [6, 6.07) is 8.03. The third kappa shape index (κ3) is 2.33. The summed E-state index contributed by atoms with van der Waals surface area (Å²) in [4.78, 5) is 4.02. The van der Waals surface area contributed by atoms with Crippen LogP contribution < -0.4 is 0 Å². The second-order valence-corrected chi connectivity index (χ2v) is 4.11. The lowest BCUT2D eigenvalue weighted by Crippen LogP contribution is -1.90. The van der Waals surface area contributed by atoms with Crippen molar-refractivity contribution in [3.05, 3.63) is 45.4 Å². The van der Waals surface area contributed by atoms with Crippen molar-refractivity contribution in [3.8, 4) is 0 Å². The fourth-order valence-electron chi connectivity index (χ4n) is 1.19. The molecule has 0 aliphatic rings. The van der Waals surface area contributed by atoms with E-state index in [0.29, 0.717) is 6.42 Å². The van der Waals surface area contributed by atoms with Gasteiger partial charge < -0.3 is 0 Å². The number of nitrogens with one attached hydrogen (secondary N) is 1. The van der Waals surface area contributed by atoms with E-state index in [9.17, 15) is 0 Å². The van der Waals surface area contributed by atoms with Gasteiger partial charge in [0.25, 0.3) is 0 Å². The van der Waals surface area contributed by atoms with Crippen molar-refractivity contribution in [3.63, 3.8) is 0 Å². The highest BCUT2D eigenvalue weighted by Gasteiger charge is 2.01. The van der Waals surface area contributed by atoms with Gasteiger partial charge in [-0.1, -0.05) is 28.1 Å². The van der Waals surface area contributed by atoms with Crippen LogP contribution in [-0.2, 0) is 6.42 Å². The van der Waals surface area contributed by atoms with Gasteiger partial charge in [-0.15, -0.1) is 5.10 Å². The Morgan fingerprint density at radius 2 is 2.29 bits per heavy atom. The number of rotatable bonds is 2. The number of aromatic nitrogens is 3. The van der Waals surface area contributed by atoms with Crippen LogP contribution in [0.2, 0.25) is 5.28 Å². The van der Waals surface area contributed by atoms with E-state index in [0.717, 1.165) is 15.9 Å². The minimum Gasteiger partial charge on any atom is -0.261 e. The number of H-pyrrole nitrogens is 1. The van der Waals surface area contributed by atoms with Gasteiger partial charge in [-0.25, -0.2) is 4.98 Å². The zero-order valence-electron chi connectivity index (χ0n) is 7.17. The Morgan fingerprint density at radius 3 is 2.93 bits per heavy atom. The molecule has 0 bridgehead atoms. The van der Waals surface area contributed by atoms with Crippen LogP contribution in [0, 0.1) is 0 Å². The Bertz CT molecular complexity index is 441. The van der Waals surface area contributed by atoms with E-state index in [1.165, 1.54) is 0 Å². The molecule has 2 aromatic rings. The minimum absolute atomic E-state index is 0.259. The molecule has 1 aromatic carbocycles. The molecular formula is C9H7BrClN3. The third-order valence-electron chi connectivity index (χ3n) is 1.77. The van der Waals surface area contributed by atoms with Crippen LogP contribution in [-0.4, -0.2) is 15.2 Å². The van der Waals surface area contributed by atoms with Crippen LogP contribution in [0.4, 0.5) is 0 Å². The molecule has 0 fully saturated rings. The second kappa shape index (κ2) is 4.11. The zero-order valence-corrected chi connectivity index (χ0v) is 9.51. The minimum atomic E-state index is 0.259. The van der Waals surface area contributed by atoms with Crippen LogP contribution in [0.25, 0.3) is 0 Å². The lowest BCUT2D eigenvalue weighted by atomic mass is 10.1. The quantitative estimate of drug-likeness (QED) is 0.913. The molecule has 5 heteroatoms. The standard InChI is InChI=1S/C9H7BrClN3/c10-7-3-1-2-6(4-7)5-8-12-9(11)14-13-8/h1-4H,5H2,(H,12,13,14). The number of halogens is 2. The van der Waals surface area contributed by atoms with Gasteiger partial charge in [-0.3, -0.25) is 5.10 Å². The smallest absolute Gasteiger partial charge is 0.242 e. The molecule has 2 rings (SSSR count). The van der Waals surface area contributed by atoms with Crippen molar-refractivity contribution >= 4 is 27.5 Å². The van der Waals surface area contributed by atoms with Gasteiger partial charge in [0, 0.05) is 10.9 Å². The molecule has 3 nitrogen and oxygen atoms in total. The molecule has 0 aliphatic heterocycles. The predicted molar refractivity (Wildman–Crippen MR) is 58.3 cm³/mol. The van der Waals surface area contributed by atoms with Gasteiger partial charge in [-0.2, -0.15) is 0 Å². The number of hydrogen-bond acceptors (Lipinski definition) is 2. The molecule has 0 amide bonds. The summed E-state index contributed by atoms with van der Waals surface area (Å²) < 4.78 is 1.06. The van der Waals surface area contributed by atoms with Gasteiger partial charge in [0.2, 0.25) is 5.28 Å². The van der Waals surface area contributed by atoms with E-state index in [4.69, 9.17) is 11.6 Å². The van der Waals surface area contributed by atoms with Crippen molar-refractivity contribution in [2.24, 2.45) is 0 Å². The molecule has 14 heavy (non-hydrogen) atoms. The first-order valence-corrected chi connectivity index (χ1v) is 5.22. The molecule has 0 saturated carbocycles. The summed E-state index contributed by atoms with van der Waals surface area (Å²) in [5, 5.41) is 6.78. The normalized spacial score (nSPS) is 10.4. The molecule has 0 spiro atoms. The topological polar surface area (TPSA) is 41.6 Å². The van der Waals surface area contributed by atoms with Crippen molar-refractivity contribution in [2.75, 3.05) is 0 Å². The van der Waals surface area contributed by atoms with E-state index >= 15 is 0 Å². The molecule has 1 aromatic heterocycles. The predicted octanol–water partition coefficient (Wildman–Crippen LogP) is 2.81. The van der Waals surface area contributed by atoms with Crippen LogP contribution in [0.3, 0.4) is 0 Å². The average Bonchev–Trinajstić information content (AvgIpc) is 2.51. The first-order chi connectivity index (χ1) is 6.74. The second-order valence-electron chi connectivity index (χ2n) is 2.86. The van der Waals surface area contributed by atoms with E-state index in [-0.39, 0.29) is 5.28 Å². The Labute approximate surface area is 94.6 Å². The first kappa shape index (κ1) is 9.68. The van der Waals surface area contributed by atoms with Gasteiger partial charge in [-0.05, 0) is 29.3 Å². The van der Waals surface area contributed by atoms with Crippen LogP contribution in [0.1, 0.15) is 11.4 Å². The van der Waals surface area contributed by atoms with Gasteiger partial charge >= 0.3 is 0 Å². The lowest BCUT2D eigenvalue weighted by molar-refractivity contribution is 0.972. The number of aromatic amines is 1. The highest BCUT2D eigenvalue weighted by molar-refractivity contribution is 9.10. The zero-order chi connectivity index (χ0) is 9.97. The SMILES string of the molecule is Clc1n[nH]c(Cc2cccc(Br)c2)n1. The van der Waals surface area contributed by atoms with Gasteiger partial charge in [0.1, 0.15) is 5.82 Å². The maximum Gasteiger partial charge on any atom is 0.242 e. The lowest BCUT2D eigenvalue weighted by Gasteiger charge is -1.97. The largest absolute Gasteiger partial charge is 0.261 e. The fourth-order valence-corrected chi connectivity index (χ4v) is 1.78. The van der Waals surface area contributed by atoms with Crippen molar-refractivity contribution in [1.82, 2.24) is 15.2 Å². The fraction of sp³-hybridized carbons (Fsp3) is 0.111. The molecule has 0 unspecified atom stereocenters.